The van der Waals surface area contributed by atoms with Crippen LogP contribution in [0.25, 0.3) is 11.0 Å². The molecule has 0 spiro atoms. The Hall–Kier alpha value is -2.64. The van der Waals surface area contributed by atoms with Crippen molar-refractivity contribution >= 4 is 51.8 Å². The summed E-state index contributed by atoms with van der Waals surface area (Å²) in [4.78, 5) is 23.7. The molecule has 0 saturated carbocycles. The molecule has 0 bridgehead atoms. The van der Waals surface area contributed by atoms with E-state index < -0.39 is 18.5 Å². The molecule has 0 radical (unpaired) electrons. The average molecular weight is 379 g/mol. The highest BCUT2D eigenvalue weighted by Gasteiger charge is 2.12. The Labute approximate surface area is 152 Å². The molecule has 3 aromatic rings. The van der Waals surface area contributed by atoms with E-state index in [0.717, 1.165) is 0 Å². The van der Waals surface area contributed by atoms with Crippen molar-refractivity contribution in [1.82, 2.24) is 15.0 Å². The maximum absolute atomic E-state index is 11.9. The van der Waals surface area contributed by atoms with Crippen molar-refractivity contribution in [3.05, 3.63) is 52.5 Å². The topological polar surface area (TPSA) is 86.1 Å². The summed E-state index contributed by atoms with van der Waals surface area (Å²) in [6, 6.07) is 11.9. The quantitative estimate of drug-likeness (QED) is 0.689. The van der Waals surface area contributed by atoms with Crippen LogP contribution in [-0.2, 0) is 20.9 Å². The fourth-order valence-corrected chi connectivity index (χ4v) is 2.42. The highest BCUT2D eigenvalue weighted by molar-refractivity contribution is 6.42. The molecular weight excluding hydrogens is 367 g/mol. The Kier molecular flexibility index (Phi) is 5.16. The number of rotatable bonds is 5. The predicted octanol–water partition coefficient (Wildman–Crippen LogP) is 2.92. The van der Waals surface area contributed by atoms with Crippen molar-refractivity contribution in [3.8, 4) is 0 Å². The maximum Gasteiger partial charge on any atom is 0.328 e. The molecule has 1 heterocycles. The van der Waals surface area contributed by atoms with Crippen molar-refractivity contribution in [2.24, 2.45) is 0 Å². The van der Waals surface area contributed by atoms with E-state index in [9.17, 15) is 9.59 Å². The zero-order valence-electron chi connectivity index (χ0n) is 12.8. The van der Waals surface area contributed by atoms with Gasteiger partial charge in [0.15, 0.2) is 6.61 Å². The van der Waals surface area contributed by atoms with Gasteiger partial charge in [0.2, 0.25) is 0 Å². The standard InChI is InChI=1S/C16H12Cl2N4O3/c17-11-6-5-10(7-12(11)18)19-15(23)9-25-16(24)8-22-14-4-2-1-3-13(14)20-21-22/h1-7H,8-9H2,(H,19,23). The summed E-state index contributed by atoms with van der Waals surface area (Å²) in [5.41, 5.74) is 1.84. The summed E-state index contributed by atoms with van der Waals surface area (Å²) < 4.78 is 6.36. The number of halogens is 2. The van der Waals surface area contributed by atoms with E-state index in [4.69, 9.17) is 27.9 Å². The first kappa shape index (κ1) is 17.2. The first-order valence-electron chi connectivity index (χ1n) is 7.21. The third-order valence-electron chi connectivity index (χ3n) is 3.27. The van der Waals surface area contributed by atoms with E-state index in [2.05, 4.69) is 15.6 Å². The number of carbonyl (C=O) groups excluding carboxylic acids is 2. The molecule has 128 valence electrons. The molecule has 0 aliphatic carbocycles. The zero-order chi connectivity index (χ0) is 17.8. The monoisotopic (exact) mass is 378 g/mol. The normalized spacial score (nSPS) is 10.6. The second-order valence-electron chi connectivity index (χ2n) is 5.07. The predicted molar refractivity (Wildman–Crippen MR) is 93.6 cm³/mol. The molecule has 3 rings (SSSR count). The SMILES string of the molecule is O=C(COC(=O)Cn1nnc2ccccc21)Nc1ccc(Cl)c(Cl)c1. The number of benzene rings is 2. The molecular formula is C16H12Cl2N4O3. The van der Waals surface area contributed by atoms with Gasteiger partial charge in [0, 0.05) is 5.69 Å². The Morgan fingerprint density at radius 3 is 2.72 bits per heavy atom. The zero-order valence-corrected chi connectivity index (χ0v) is 14.3. The van der Waals surface area contributed by atoms with Crippen molar-refractivity contribution in [2.75, 3.05) is 11.9 Å². The van der Waals surface area contributed by atoms with E-state index in [1.807, 2.05) is 12.1 Å². The number of fused-ring (bicyclic) bond motifs is 1. The number of para-hydroxylation sites is 1. The molecule has 0 aliphatic rings. The first-order valence-corrected chi connectivity index (χ1v) is 7.97. The van der Waals surface area contributed by atoms with Gasteiger partial charge in [0.05, 0.1) is 15.6 Å². The number of anilines is 1. The average Bonchev–Trinajstić information content (AvgIpc) is 2.99. The molecule has 0 atom stereocenters. The molecule has 0 saturated heterocycles. The number of carbonyl (C=O) groups is 2. The number of amides is 1. The van der Waals surface area contributed by atoms with Gasteiger partial charge < -0.3 is 10.1 Å². The number of nitrogens with zero attached hydrogens (tertiary/aromatic N) is 3. The lowest BCUT2D eigenvalue weighted by molar-refractivity contribution is -0.148. The smallest absolute Gasteiger partial charge is 0.328 e. The minimum Gasteiger partial charge on any atom is -0.454 e. The fourth-order valence-electron chi connectivity index (χ4n) is 2.12. The van der Waals surface area contributed by atoms with Gasteiger partial charge in [-0.25, -0.2) is 4.68 Å². The van der Waals surface area contributed by atoms with E-state index >= 15 is 0 Å². The van der Waals surface area contributed by atoms with Crippen LogP contribution in [0.1, 0.15) is 0 Å². The van der Waals surface area contributed by atoms with Crippen molar-refractivity contribution < 1.29 is 14.3 Å². The summed E-state index contributed by atoms with van der Waals surface area (Å²) in [6.07, 6.45) is 0. The lowest BCUT2D eigenvalue weighted by atomic mass is 10.3. The number of hydrogen-bond acceptors (Lipinski definition) is 5. The fraction of sp³-hybridized carbons (Fsp3) is 0.125. The Morgan fingerprint density at radius 2 is 1.92 bits per heavy atom. The Morgan fingerprint density at radius 1 is 1.12 bits per heavy atom. The summed E-state index contributed by atoms with van der Waals surface area (Å²) in [6.45, 7) is -0.563. The summed E-state index contributed by atoms with van der Waals surface area (Å²) in [5.74, 6) is -1.09. The number of esters is 1. The van der Waals surface area contributed by atoms with Crippen LogP contribution in [0.3, 0.4) is 0 Å². The molecule has 2 aromatic carbocycles. The number of aromatic nitrogens is 3. The third kappa shape index (κ3) is 4.26. The lowest BCUT2D eigenvalue weighted by Gasteiger charge is -2.07. The minimum atomic E-state index is -0.597. The van der Waals surface area contributed by atoms with Crippen LogP contribution in [0.4, 0.5) is 5.69 Å². The molecule has 1 N–H and O–H groups in total. The third-order valence-corrected chi connectivity index (χ3v) is 4.01. The van der Waals surface area contributed by atoms with Gasteiger partial charge in [-0.15, -0.1) is 5.10 Å². The van der Waals surface area contributed by atoms with Gasteiger partial charge in [0.1, 0.15) is 12.1 Å². The van der Waals surface area contributed by atoms with Gasteiger partial charge in [0.25, 0.3) is 5.91 Å². The summed E-state index contributed by atoms with van der Waals surface area (Å²) >= 11 is 11.7. The van der Waals surface area contributed by atoms with Crippen LogP contribution in [0.5, 0.6) is 0 Å². The second-order valence-corrected chi connectivity index (χ2v) is 5.89. The van der Waals surface area contributed by atoms with E-state index in [1.54, 1.807) is 24.3 Å². The highest BCUT2D eigenvalue weighted by Crippen LogP contribution is 2.24. The molecule has 0 unspecified atom stereocenters. The highest BCUT2D eigenvalue weighted by atomic mass is 35.5. The van der Waals surface area contributed by atoms with E-state index in [-0.39, 0.29) is 6.54 Å². The van der Waals surface area contributed by atoms with Crippen molar-refractivity contribution in [2.45, 2.75) is 6.54 Å². The van der Waals surface area contributed by atoms with Gasteiger partial charge >= 0.3 is 5.97 Å². The van der Waals surface area contributed by atoms with Crippen LogP contribution >= 0.6 is 23.2 Å². The second kappa shape index (κ2) is 7.50. The van der Waals surface area contributed by atoms with Crippen LogP contribution in [0.2, 0.25) is 10.0 Å². The van der Waals surface area contributed by atoms with Crippen LogP contribution in [0.15, 0.2) is 42.5 Å². The minimum absolute atomic E-state index is 0.138. The number of ether oxygens (including phenoxy) is 1. The Balaban J connectivity index is 1.53. The number of nitrogens with one attached hydrogen (secondary N) is 1. The first-order chi connectivity index (χ1) is 12.0. The van der Waals surface area contributed by atoms with Gasteiger partial charge in [-0.3, -0.25) is 9.59 Å². The molecule has 25 heavy (non-hydrogen) atoms. The van der Waals surface area contributed by atoms with Crippen molar-refractivity contribution in [3.63, 3.8) is 0 Å². The maximum atomic E-state index is 11.9. The van der Waals surface area contributed by atoms with Crippen LogP contribution < -0.4 is 5.32 Å². The molecule has 1 aromatic heterocycles. The number of hydrogen-bond donors (Lipinski definition) is 1. The largest absolute Gasteiger partial charge is 0.454 e. The van der Waals surface area contributed by atoms with Gasteiger partial charge in [-0.1, -0.05) is 40.5 Å². The Bertz CT molecular complexity index is 942. The molecule has 0 fully saturated rings. The van der Waals surface area contributed by atoms with Crippen LogP contribution in [-0.4, -0.2) is 33.5 Å². The van der Waals surface area contributed by atoms with Crippen molar-refractivity contribution in [1.29, 1.82) is 0 Å². The van der Waals surface area contributed by atoms with Gasteiger partial charge in [-0.2, -0.15) is 0 Å². The summed E-state index contributed by atoms with van der Waals surface area (Å²) in [5, 5.41) is 11.1. The molecule has 7 nitrogen and oxygen atoms in total. The van der Waals surface area contributed by atoms with E-state index in [1.165, 1.54) is 10.7 Å². The summed E-state index contributed by atoms with van der Waals surface area (Å²) in [7, 11) is 0. The van der Waals surface area contributed by atoms with E-state index in [0.29, 0.717) is 26.8 Å². The van der Waals surface area contributed by atoms with Gasteiger partial charge in [-0.05, 0) is 30.3 Å². The van der Waals surface area contributed by atoms with Crippen LogP contribution in [0, 0.1) is 0 Å². The lowest BCUT2D eigenvalue weighted by Crippen LogP contribution is -2.23. The molecule has 0 aliphatic heterocycles. The molecule has 9 heteroatoms. The molecule has 1 amide bonds.